The van der Waals surface area contributed by atoms with Crippen LogP contribution in [0, 0.1) is 5.92 Å². The van der Waals surface area contributed by atoms with E-state index in [-0.39, 0.29) is 11.1 Å². The SMILES string of the molecule is CCC1CCC(NC(=O)C(F)F)(C(=O)CBr)CC1. The van der Waals surface area contributed by atoms with E-state index in [9.17, 15) is 18.4 Å². The fraction of sp³-hybridized carbons (Fsp3) is 0.833. The Morgan fingerprint density at radius 3 is 2.33 bits per heavy atom. The van der Waals surface area contributed by atoms with Crippen molar-refractivity contribution in [2.45, 2.75) is 51.0 Å². The Morgan fingerprint density at radius 2 is 1.94 bits per heavy atom. The van der Waals surface area contributed by atoms with Crippen LogP contribution < -0.4 is 5.32 Å². The molecule has 1 fully saturated rings. The molecule has 1 aliphatic carbocycles. The summed E-state index contributed by atoms with van der Waals surface area (Å²) in [4.78, 5) is 23.1. The number of ketones is 1. The van der Waals surface area contributed by atoms with Crippen LogP contribution in [0.2, 0.25) is 0 Å². The van der Waals surface area contributed by atoms with E-state index in [0.29, 0.717) is 18.8 Å². The van der Waals surface area contributed by atoms with Gasteiger partial charge in [-0.05, 0) is 31.6 Å². The quantitative estimate of drug-likeness (QED) is 0.790. The Kier molecular flexibility index (Phi) is 5.69. The summed E-state index contributed by atoms with van der Waals surface area (Å²) < 4.78 is 24.7. The van der Waals surface area contributed by atoms with Gasteiger partial charge in [-0.3, -0.25) is 9.59 Å². The third kappa shape index (κ3) is 3.49. The number of carbonyl (C=O) groups is 2. The Morgan fingerprint density at radius 1 is 1.39 bits per heavy atom. The van der Waals surface area contributed by atoms with Crippen LogP contribution in [-0.2, 0) is 9.59 Å². The number of carbonyl (C=O) groups excluding carboxylic acids is 2. The summed E-state index contributed by atoms with van der Waals surface area (Å²) in [7, 11) is 0. The van der Waals surface area contributed by atoms with Gasteiger partial charge < -0.3 is 5.32 Å². The highest BCUT2D eigenvalue weighted by Crippen LogP contribution is 2.35. The van der Waals surface area contributed by atoms with E-state index in [1.54, 1.807) is 0 Å². The van der Waals surface area contributed by atoms with E-state index in [2.05, 4.69) is 28.2 Å². The maximum Gasteiger partial charge on any atom is 0.315 e. The summed E-state index contributed by atoms with van der Waals surface area (Å²) in [5, 5.41) is 2.34. The molecule has 1 N–H and O–H groups in total. The van der Waals surface area contributed by atoms with Crippen LogP contribution in [0.15, 0.2) is 0 Å². The minimum absolute atomic E-state index is 0.0767. The van der Waals surface area contributed by atoms with Gasteiger partial charge in [0.15, 0.2) is 5.78 Å². The zero-order chi connectivity index (χ0) is 13.8. The number of rotatable bonds is 5. The van der Waals surface area contributed by atoms with E-state index >= 15 is 0 Å². The van der Waals surface area contributed by atoms with Crippen molar-refractivity contribution in [2.24, 2.45) is 5.92 Å². The van der Waals surface area contributed by atoms with Crippen molar-refractivity contribution < 1.29 is 18.4 Å². The number of hydrogen-bond donors (Lipinski definition) is 1. The Hall–Kier alpha value is -0.520. The molecule has 1 aliphatic rings. The lowest BCUT2D eigenvalue weighted by atomic mass is 9.73. The van der Waals surface area contributed by atoms with Gasteiger partial charge in [-0.1, -0.05) is 29.3 Å². The van der Waals surface area contributed by atoms with Crippen LogP contribution in [0.3, 0.4) is 0 Å². The molecule has 1 amide bonds. The van der Waals surface area contributed by atoms with Crippen molar-refractivity contribution in [2.75, 3.05) is 5.33 Å². The molecule has 6 heteroatoms. The lowest BCUT2D eigenvalue weighted by Crippen LogP contribution is -2.58. The average molecular weight is 326 g/mol. The average Bonchev–Trinajstić information content (AvgIpc) is 2.38. The third-order valence-corrected chi connectivity index (χ3v) is 4.26. The van der Waals surface area contributed by atoms with Crippen LogP contribution in [0.1, 0.15) is 39.0 Å². The molecule has 0 heterocycles. The second kappa shape index (κ2) is 6.59. The van der Waals surface area contributed by atoms with Crippen LogP contribution in [0.5, 0.6) is 0 Å². The lowest BCUT2D eigenvalue weighted by Gasteiger charge is -2.39. The molecule has 0 spiro atoms. The molecule has 0 aromatic heterocycles. The van der Waals surface area contributed by atoms with Crippen molar-refractivity contribution >= 4 is 27.6 Å². The van der Waals surface area contributed by atoms with Gasteiger partial charge in [0.1, 0.15) is 0 Å². The number of alkyl halides is 3. The number of hydrogen-bond acceptors (Lipinski definition) is 2. The van der Waals surface area contributed by atoms with E-state index in [0.717, 1.165) is 19.3 Å². The molecule has 0 unspecified atom stereocenters. The predicted molar refractivity (Wildman–Crippen MR) is 67.9 cm³/mol. The summed E-state index contributed by atoms with van der Waals surface area (Å²) in [6.45, 7) is 2.07. The van der Waals surface area contributed by atoms with Gasteiger partial charge in [0, 0.05) is 0 Å². The molecule has 1 rings (SSSR count). The van der Waals surface area contributed by atoms with Crippen molar-refractivity contribution in [3.63, 3.8) is 0 Å². The zero-order valence-electron chi connectivity index (χ0n) is 10.3. The molecule has 18 heavy (non-hydrogen) atoms. The third-order valence-electron chi connectivity index (χ3n) is 3.75. The van der Waals surface area contributed by atoms with Crippen molar-refractivity contribution in [1.82, 2.24) is 5.32 Å². The highest BCUT2D eigenvalue weighted by molar-refractivity contribution is 9.09. The summed E-state index contributed by atoms with van der Waals surface area (Å²) in [5.74, 6) is -1.05. The van der Waals surface area contributed by atoms with Crippen LogP contribution in [0.4, 0.5) is 8.78 Å². The molecular weight excluding hydrogens is 308 g/mol. The summed E-state index contributed by atoms with van der Waals surface area (Å²) in [6.07, 6.45) is 0.427. The standard InChI is InChI=1S/C12H18BrF2NO2/c1-2-8-3-5-12(6-4-8,9(17)7-13)16-11(18)10(14)15/h8,10H,2-7H2,1H3,(H,16,18). The van der Waals surface area contributed by atoms with E-state index in [4.69, 9.17) is 0 Å². The Bertz CT molecular complexity index is 315. The fourth-order valence-electron chi connectivity index (χ4n) is 2.47. The van der Waals surface area contributed by atoms with Crippen LogP contribution in [-0.4, -0.2) is 29.0 Å². The van der Waals surface area contributed by atoms with Gasteiger partial charge in [-0.15, -0.1) is 0 Å². The number of nitrogens with one attached hydrogen (secondary N) is 1. The van der Waals surface area contributed by atoms with E-state index in [1.807, 2.05) is 0 Å². The highest BCUT2D eigenvalue weighted by Gasteiger charge is 2.42. The largest absolute Gasteiger partial charge is 0.339 e. The number of Topliss-reactive ketones (excluding diaryl/α,β-unsaturated/α-hetero) is 1. The summed E-state index contributed by atoms with van der Waals surface area (Å²) in [6, 6.07) is 0. The maximum atomic E-state index is 12.3. The molecule has 0 radical (unpaired) electrons. The molecule has 0 atom stereocenters. The van der Waals surface area contributed by atoms with E-state index in [1.165, 1.54) is 0 Å². The first-order valence-electron chi connectivity index (χ1n) is 6.14. The van der Waals surface area contributed by atoms with Crippen molar-refractivity contribution in [3.8, 4) is 0 Å². The van der Waals surface area contributed by atoms with Gasteiger partial charge in [-0.25, -0.2) is 0 Å². The first-order valence-corrected chi connectivity index (χ1v) is 7.26. The normalized spacial score (nSPS) is 28.2. The number of amides is 1. The first kappa shape index (κ1) is 15.5. The molecule has 1 saturated carbocycles. The molecular formula is C12H18BrF2NO2. The van der Waals surface area contributed by atoms with Crippen LogP contribution >= 0.6 is 15.9 Å². The smallest absolute Gasteiger partial charge is 0.315 e. The predicted octanol–water partition coefficient (Wildman–Crippen LogP) is 2.67. The van der Waals surface area contributed by atoms with Gasteiger partial charge in [0.25, 0.3) is 5.91 Å². The molecule has 0 bridgehead atoms. The van der Waals surface area contributed by atoms with E-state index < -0.39 is 17.9 Å². The second-order valence-electron chi connectivity index (χ2n) is 4.78. The minimum Gasteiger partial charge on any atom is -0.339 e. The minimum atomic E-state index is -3.08. The molecule has 104 valence electrons. The monoisotopic (exact) mass is 325 g/mol. The lowest BCUT2D eigenvalue weighted by molar-refractivity contribution is -0.139. The summed E-state index contributed by atoms with van der Waals surface area (Å²) in [5.41, 5.74) is -1.09. The molecule has 0 aliphatic heterocycles. The topological polar surface area (TPSA) is 46.2 Å². The van der Waals surface area contributed by atoms with Gasteiger partial charge >= 0.3 is 6.43 Å². The maximum absolute atomic E-state index is 12.3. The fourth-order valence-corrected chi connectivity index (χ4v) is 3.01. The van der Waals surface area contributed by atoms with Crippen LogP contribution in [0.25, 0.3) is 0 Å². The first-order chi connectivity index (χ1) is 8.45. The van der Waals surface area contributed by atoms with Gasteiger partial charge in [-0.2, -0.15) is 8.78 Å². The molecule has 3 nitrogen and oxygen atoms in total. The highest BCUT2D eigenvalue weighted by atomic mass is 79.9. The summed E-state index contributed by atoms with van der Waals surface area (Å²) >= 11 is 3.06. The zero-order valence-corrected chi connectivity index (χ0v) is 11.9. The van der Waals surface area contributed by atoms with Crippen molar-refractivity contribution in [1.29, 1.82) is 0 Å². The van der Waals surface area contributed by atoms with Gasteiger partial charge in [0.05, 0.1) is 10.9 Å². The number of halogens is 3. The van der Waals surface area contributed by atoms with Gasteiger partial charge in [0.2, 0.25) is 0 Å². The molecule has 0 aromatic rings. The molecule has 0 aromatic carbocycles. The second-order valence-corrected chi connectivity index (χ2v) is 5.34. The Balaban J connectivity index is 2.78. The Labute approximate surface area is 114 Å². The molecule has 0 saturated heterocycles. The van der Waals surface area contributed by atoms with Crippen molar-refractivity contribution in [3.05, 3.63) is 0 Å².